The molecule has 0 saturated heterocycles. The summed E-state index contributed by atoms with van der Waals surface area (Å²) < 4.78 is 5.79. The highest BCUT2D eigenvalue weighted by Gasteiger charge is 2.12. The summed E-state index contributed by atoms with van der Waals surface area (Å²) in [5.74, 6) is 0.911. The van der Waals surface area contributed by atoms with Gasteiger partial charge in [0.1, 0.15) is 5.84 Å². The predicted molar refractivity (Wildman–Crippen MR) is 82.3 cm³/mol. The number of nitrogens with one attached hydrogen (secondary N) is 1. The number of ether oxygens (including phenoxy) is 1. The topological polar surface area (TPSA) is 72.0 Å². The maximum atomic E-state index is 7.68. The molecule has 0 bridgehead atoms. The van der Waals surface area contributed by atoms with E-state index < -0.39 is 0 Å². The van der Waals surface area contributed by atoms with Crippen LogP contribution in [0.15, 0.2) is 30.3 Å². The Morgan fingerprint density at radius 1 is 1.40 bits per heavy atom. The summed E-state index contributed by atoms with van der Waals surface area (Å²) in [6.45, 7) is 4.91. The Bertz CT molecular complexity index is 610. The van der Waals surface area contributed by atoms with Crippen molar-refractivity contribution < 1.29 is 4.74 Å². The number of fused-ring (bicyclic) bond motifs is 1. The number of nitrogen functional groups attached to an aromatic ring is 1. The van der Waals surface area contributed by atoms with E-state index in [9.17, 15) is 0 Å². The predicted octanol–water partition coefficient (Wildman–Crippen LogP) is 3.33. The molecule has 20 heavy (non-hydrogen) atoms. The fourth-order valence-electron chi connectivity index (χ4n) is 2.20. The fraction of sp³-hybridized carbons (Fsp3) is 0.375. The van der Waals surface area contributed by atoms with Gasteiger partial charge in [-0.05, 0) is 24.5 Å². The smallest absolute Gasteiger partial charge is 0.225 e. The maximum absolute atomic E-state index is 7.68. The first-order valence-electron chi connectivity index (χ1n) is 6.98. The van der Waals surface area contributed by atoms with Gasteiger partial charge >= 0.3 is 0 Å². The van der Waals surface area contributed by atoms with Crippen LogP contribution < -0.4 is 10.5 Å². The first-order chi connectivity index (χ1) is 9.61. The Balaban J connectivity index is 2.30. The number of nitrogens with two attached hydrogens (primary N) is 1. The van der Waals surface area contributed by atoms with Crippen LogP contribution in [0.2, 0.25) is 0 Å². The number of hydrogen-bond acceptors (Lipinski definition) is 3. The van der Waals surface area contributed by atoms with Crippen LogP contribution in [0.4, 0.5) is 0 Å². The highest BCUT2D eigenvalue weighted by atomic mass is 16.5. The molecule has 1 unspecified atom stereocenters. The zero-order valence-electron chi connectivity index (χ0n) is 12.0. The fourth-order valence-corrected chi connectivity index (χ4v) is 2.20. The second kappa shape index (κ2) is 6.37. The van der Waals surface area contributed by atoms with E-state index in [0.717, 1.165) is 23.7 Å². The lowest BCUT2D eigenvalue weighted by molar-refractivity contribution is 0.243. The van der Waals surface area contributed by atoms with Gasteiger partial charge in [-0.3, -0.25) is 5.41 Å². The lowest BCUT2D eigenvalue weighted by Crippen LogP contribution is -2.16. The van der Waals surface area contributed by atoms with Crippen molar-refractivity contribution in [3.8, 4) is 5.88 Å². The molecule has 4 heteroatoms. The van der Waals surface area contributed by atoms with Gasteiger partial charge in [0.25, 0.3) is 0 Å². The molecule has 1 atom stereocenters. The van der Waals surface area contributed by atoms with E-state index in [1.807, 2.05) is 30.3 Å². The summed E-state index contributed by atoms with van der Waals surface area (Å²) in [6.07, 6.45) is 2.25. The summed E-state index contributed by atoms with van der Waals surface area (Å²) in [6, 6.07) is 9.63. The minimum absolute atomic E-state index is 0.0126. The number of nitrogens with zero attached hydrogens (tertiary/aromatic N) is 1. The lowest BCUT2D eigenvalue weighted by Gasteiger charge is -2.14. The first-order valence-corrected chi connectivity index (χ1v) is 6.98. The second-order valence-corrected chi connectivity index (χ2v) is 5.15. The SMILES string of the molecule is CCCC(C)COc1nc2ccccc2cc1C(=N)N. The molecule has 106 valence electrons. The summed E-state index contributed by atoms with van der Waals surface area (Å²) in [5.41, 5.74) is 7.05. The Labute approximate surface area is 119 Å². The first kappa shape index (κ1) is 14.3. The molecule has 0 aliphatic carbocycles. The summed E-state index contributed by atoms with van der Waals surface area (Å²) in [5, 5.41) is 8.64. The third kappa shape index (κ3) is 3.26. The van der Waals surface area contributed by atoms with E-state index in [2.05, 4.69) is 18.8 Å². The standard InChI is InChI=1S/C16H21N3O/c1-3-6-11(2)10-20-16-13(15(17)18)9-12-7-4-5-8-14(12)19-16/h4-5,7-9,11H,3,6,10H2,1-2H3,(H3,17,18). The molecule has 1 heterocycles. The van der Waals surface area contributed by atoms with Gasteiger partial charge in [-0.1, -0.05) is 38.5 Å². The Morgan fingerprint density at radius 2 is 2.15 bits per heavy atom. The van der Waals surface area contributed by atoms with Gasteiger partial charge in [-0.2, -0.15) is 0 Å². The van der Waals surface area contributed by atoms with E-state index in [4.69, 9.17) is 15.9 Å². The molecule has 1 aromatic heterocycles. The van der Waals surface area contributed by atoms with Gasteiger partial charge in [0, 0.05) is 5.39 Å². The Morgan fingerprint density at radius 3 is 2.85 bits per heavy atom. The minimum atomic E-state index is -0.0126. The number of hydrogen-bond donors (Lipinski definition) is 2. The molecule has 0 fully saturated rings. The van der Waals surface area contributed by atoms with Crippen molar-refractivity contribution in [1.29, 1.82) is 5.41 Å². The van der Waals surface area contributed by atoms with E-state index in [1.165, 1.54) is 0 Å². The van der Waals surface area contributed by atoms with E-state index in [-0.39, 0.29) is 5.84 Å². The lowest BCUT2D eigenvalue weighted by atomic mass is 10.1. The molecular weight excluding hydrogens is 250 g/mol. The molecular formula is C16H21N3O. The summed E-state index contributed by atoms with van der Waals surface area (Å²) in [7, 11) is 0. The molecule has 0 radical (unpaired) electrons. The molecule has 3 N–H and O–H groups in total. The number of pyridine rings is 1. The molecule has 2 aromatic rings. The zero-order valence-corrected chi connectivity index (χ0v) is 12.0. The second-order valence-electron chi connectivity index (χ2n) is 5.15. The number of rotatable bonds is 6. The average Bonchev–Trinajstić information content (AvgIpc) is 2.44. The van der Waals surface area contributed by atoms with Gasteiger partial charge in [-0.15, -0.1) is 0 Å². The van der Waals surface area contributed by atoms with Crippen molar-refractivity contribution in [2.75, 3.05) is 6.61 Å². The highest BCUT2D eigenvalue weighted by molar-refractivity contribution is 6.00. The van der Waals surface area contributed by atoms with E-state index in [0.29, 0.717) is 24.0 Å². The third-order valence-electron chi connectivity index (χ3n) is 3.27. The van der Waals surface area contributed by atoms with Crippen molar-refractivity contribution >= 4 is 16.7 Å². The van der Waals surface area contributed by atoms with E-state index in [1.54, 1.807) is 0 Å². The normalized spacial score (nSPS) is 12.3. The molecule has 0 amide bonds. The van der Waals surface area contributed by atoms with Crippen LogP contribution in [-0.4, -0.2) is 17.4 Å². The van der Waals surface area contributed by atoms with Crippen molar-refractivity contribution in [3.05, 3.63) is 35.9 Å². The summed E-state index contributed by atoms with van der Waals surface area (Å²) in [4.78, 5) is 4.49. The van der Waals surface area contributed by atoms with Crippen molar-refractivity contribution in [2.24, 2.45) is 11.7 Å². The van der Waals surface area contributed by atoms with Crippen LogP contribution in [0.25, 0.3) is 10.9 Å². The zero-order chi connectivity index (χ0) is 14.5. The molecule has 0 aliphatic heterocycles. The number of amidine groups is 1. The summed E-state index contributed by atoms with van der Waals surface area (Å²) >= 11 is 0. The monoisotopic (exact) mass is 271 g/mol. The molecule has 0 saturated carbocycles. The van der Waals surface area contributed by atoms with Gasteiger partial charge in [0.2, 0.25) is 5.88 Å². The van der Waals surface area contributed by atoms with Crippen LogP contribution in [0, 0.1) is 11.3 Å². The minimum Gasteiger partial charge on any atom is -0.477 e. The number of aromatic nitrogens is 1. The molecule has 2 rings (SSSR count). The van der Waals surface area contributed by atoms with Crippen LogP contribution >= 0.6 is 0 Å². The maximum Gasteiger partial charge on any atom is 0.225 e. The van der Waals surface area contributed by atoms with Crippen molar-refractivity contribution in [1.82, 2.24) is 4.98 Å². The number of benzene rings is 1. The molecule has 0 spiro atoms. The van der Waals surface area contributed by atoms with Gasteiger partial charge in [-0.25, -0.2) is 4.98 Å². The van der Waals surface area contributed by atoms with Crippen molar-refractivity contribution in [2.45, 2.75) is 26.7 Å². The van der Waals surface area contributed by atoms with Gasteiger partial charge < -0.3 is 10.5 Å². The Hall–Kier alpha value is -2.10. The highest BCUT2D eigenvalue weighted by Crippen LogP contribution is 2.22. The van der Waals surface area contributed by atoms with Crippen molar-refractivity contribution in [3.63, 3.8) is 0 Å². The average molecular weight is 271 g/mol. The number of para-hydroxylation sites is 1. The van der Waals surface area contributed by atoms with Gasteiger partial charge in [0.05, 0.1) is 17.7 Å². The van der Waals surface area contributed by atoms with Crippen LogP contribution in [0.5, 0.6) is 5.88 Å². The third-order valence-corrected chi connectivity index (χ3v) is 3.27. The van der Waals surface area contributed by atoms with E-state index >= 15 is 0 Å². The van der Waals surface area contributed by atoms with Crippen LogP contribution in [0.3, 0.4) is 0 Å². The molecule has 4 nitrogen and oxygen atoms in total. The van der Waals surface area contributed by atoms with Crippen LogP contribution in [0.1, 0.15) is 32.3 Å². The molecule has 0 aliphatic rings. The van der Waals surface area contributed by atoms with Crippen LogP contribution in [-0.2, 0) is 0 Å². The largest absolute Gasteiger partial charge is 0.477 e. The molecule has 1 aromatic carbocycles. The quantitative estimate of drug-likeness (QED) is 0.625. The Kier molecular flexibility index (Phi) is 4.56. The van der Waals surface area contributed by atoms with Gasteiger partial charge in [0.15, 0.2) is 0 Å².